The molecule has 0 saturated carbocycles. The molecule has 0 aliphatic heterocycles. The molecule has 0 aliphatic carbocycles. The zero-order valence-corrected chi connectivity index (χ0v) is 21.5. The Hall–Kier alpha value is -5.22. The summed E-state index contributed by atoms with van der Waals surface area (Å²) in [5.74, 6) is 0. The molecule has 8 rings (SSSR count). The number of H-pyrrole nitrogens is 2. The second kappa shape index (κ2) is 9.58. The van der Waals surface area contributed by atoms with Gasteiger partial charge in [-0.1, -0.05) is 78.9 Å². The maximum absolute atomic E-state index is 4.81. The highest BCUT2D eigenvalue weighted by Crippen LogP contribution is 2.30. The van der Waals surface area contributed by atoms with Crippen LogP contribution in [-0.4, -0.2) is 19.9 Å². The molecule has 0 fully saturated rings. The van der Waals surface area contributed by atoms with Gasteiger partial charge in [0.15, 0.2) is 0 Å². The normalized spacial score (nSPS) is 11.2. The number of nitrogens with zero attached hydrogens (tertiary/aromatic N) is 2. The van der Waals surface area contributed by atoms with Crippen LogP contribution in [0, 0.1) is 6.92 Å². The van der Waals surface area contributed by atoms with Crippen LogP contribution in [0.3, 0.4) is 0 Å². The van der Waals surface area contributed by atoms with Crippen molar-refractivity contribution in [3.05, 3.63) is 133 Å². The molecule has 0 atom stereocenters. The summed E-state index contributed by atoms with van der Waals surface area (Å²) >= 11 is 0. The standard InChI is InChI=1S/C18H14N2.C17H12N2/c1-12-10-18(20-17-9-5-2-6-13(12)17)15-11-19-16-8-4-3-7-14(15)16;1-3-7-15-12(5-1)9-10-17(19-15)14-11-18-16-8-4-2-6-13(14)16/h2-11,19H,1H3;1-11,18H. The fourth-order valence-electron chi connectivity index (χ4n) is 5.27. The van der Waals surface area contributed by atoms with Gasteiger partial charge in [-0.25, -0.2) is 9.97 Å². The Balaban J connectivity index is 0.000000130. The molecule has 0 saturated heterocycles. The zero-order valence-electron chi connectivity index (χ0n) is 21.5. The molecule has 0 unspecified atom stereocenters. The second-order valence-electron chi connectivity index (χ2n) is 9.73. The number of hydrogen-bond acceptors (Lipinski definition) is 2. The topological polar surface area (TPSA) is 57.4 Å². The average molecular weight is 503 g/mol. The van der Waals surface area contributed by atoms with Crippen LogP contribution in [0.2, 0.25) is 0 Å². The summed E-state index contributed by atoms with van der Waals surface area (Å²) in [6.07, 6.45) is 4.07. The Morgan fingerprint density at radius 1 is 0.487 bits per heavy atom. The maximum atomic E-state index is 4.81. The fraction of sp³-hybridized carbons (Fsp3) is 0.0286. The number of aryl methyl sites for hydroxylation is 1. The highest BCUT2D eigenvalue weighted by Gasteiger charge is 2.10. The van der Waals surface area contributed by atoms with Gasteiger partial charge in [0, 0.05) is 56.1 Å². The van der Waals surface area contributed by atoms with Crippen molar-refractivity contribution in [2.24, 2.45) is 0 Å². The van der Waals surface area contributed by atoms with Gasteiger partial charge in [-0.3, -0.25) is 0 Å². The number of para-hydroxylation sites is 4. The number of aromatic nitrogens is 4. The minimum Gasteiger partial charge on any atom is -0.360 e. The summed E-state index contributed by atoms with van der Waals surface area (Å²) in [6, 6.07) is 39.5. The molecular weight excluding hydrogens is 476 g/mol. The SMILES string of the molecule is Cc1cc(-c2c[nH]c3ccccc23)nc2ccccc12.c1ccc2nc(-c3c[nH]c4ccccc34)ccc2c1. The van der Waals surface area contributed by atoms with Gasteiger partial charge in [-0.2, -0.15) is 0 Å². The monoisotopic (exact) mass is 502 g/mol. The molecular formula is C35H26N4. The van der Waals surface area contributed by atoms with Crippen LogP contribution in [-0.2, 0) is 0 Å². The quantitative estimate of drug-likeness (QED) is 0.248. The van der Waals surface area contributed by atoms with Crippen molar-refractivity contribution in [1.82, 2.24) is 19.9 Å². The Morgan fingerprint density at radius 2 is 1.03 bits per heavy atom. The summed E-state index contributed by atoms with van der Waals surface area (Å²) < 4.78 is 0. The van der Waals surface area contributed by atoms with E-state index in [4.69, 9.17) is 9.97 Å². The van der Waals surface area contributed by atoms with Crippen LogP contribution < -0.4 is 0 Å². The second-order valence-corrected chi connectivity index (χ2v) is 9.73. The minimum atomic E-state index is 1.01. The third kappa shape index (κ3) is 4.22. The van der Waals surface area contributed by atoms with Gasteiger partial charge in [-0.05, 0) is 48.9 Å². The van der Waals surface area contributed by atoms with E-state index in [0.29, 0.717) is 0 Å². The van der Waals surface area contributed by atoms with Crippen LogP contribution in [0.1, 0.15) is 5.56 Å². The molecule has 0 radical (unpaired) electrons. The van der Waals surface area contributed by atoms with Gasteiger partial charge < -0.3 is 9.97 Å². The Labute approximate surface area is 226 Å². The molecule has 4 aromatic heterocycles. The highest BCUT2D eigenvalue weighted by molar-refractivity contribution is 5.97. The number of rotatable bonds is 2. The van der Waals surface area contributed by atoms with E-state index in [-0.39, 0.29) is 0 Å². The van der Waals surface area contributed by atoms with Crippen LogP contribution in [0.5, 0.6) is 0 Å². The molecule has 4 heteroatoms. The van der Waals surface area contributed by atoms with E-state index in [9.17, 15) is 0 Å². The lowest BCUT2D eigenvalue weighted by Gasteiger charge is -2.05. The first-order valence-corrected chi connectivity index (χ1v) is 13.1. The van der Waals surface area contributed by atoms with E-state index in [2.05, 4.69) is 95.8 Å². The Kier molecular flexibility index (Phi) is 5.64. The number of benzene rings is 4. The van der Waals surface area contributed by atoms with Crippen LogP contribution in [0.15, 0.2) is 128 Å². The summed E-state index contributed by atoms with van der Waals surface area (Å²) in [7, 11) is 0. The maximum Gasteiger partial charge on any atom is 0.0733 e. The van der Waals surface area contributed by atoms with Crippen molar-refractivity contribution in [2.75, 3.05) is 0 Å². The van der Waals surface area contributed by atoms with E-state index in [1.165, 1.54) is 27.1 Å². The van der Waals surface area contributed by atoms with Gasteiger partial charge in [0.2, 0.25) is 0 Å². The van der Waals surface area contributed by atoms with Crippen molar-refractivity contribution < 1.29 is 0 Å². The highest BCUT2D eigenvalue weighted by atomic mass is 14.7. The van der Waals surface area contributed by atoms with E-state index >= 15 is 0 Å². The lowest BCUT2D eigenvalue weighted by atomic mass is 10.0. The van der Waals surface area contributed by atoms with Gasteiger partial charge in [0.05, 0.1) is 22.4 Å². The van der Waals surface area contributed by atoms with Crippen molar-refractivity contribution in [3.63, 3.8) is 0 Å². The predicted molar refractivity (Wildman–Crippen MR) is 163 cm³/mol. The number of aromatic amines is 2. The Bertz CT molecular complexity index is 2100. The summed E-state index contributed by atoms with van der Waals surface area (Å²) in [4.78, 5) is 16.2. The first-order valence-electron chi connectivity index (χ1n) is 13.1. The van der Waals surface area contributed by atoms with Crippen molar-refractivity contribution in [3.8, 4) is 22.5 Å². The van der Waals surface area contributed by atoms with Crippen LogP contribution >= 0.6 is 0 Å². The molecule has 4 nitrogen and oxygen atoms in total. The molecule has 0 aliphatic rings. The van der Waals surface area contributed by atoms with E-state index in [1.54, 1.807) is 0 Å². The van der Waals surface area contributed by atoms with Crippen molar-refractivity contribution in [2.45, 2.75) is 6.92 Å². The van der Waals surface area contributed by atoms with Gasteiger partial charge >= 0.3 is 0 Å². The Morgan fingerprint density at radius 3 is 1.74 bits per heavy atom. The smallest absolute Gasteiger partial charge is 0.0733 e. The predicted octanol–water partition coefficient (Wildman–Crippen LogP) is 9.07. The average Bonchev–Trinajstić information content (AvgIpc) is 3.62. The minimum absolute atomic E-state index is 1.01. The van der Waals surface area contributed by atoms with Gasteiger partial charge in [0.1, 0.15) is 0 Å². The van der Waals surface area contributed by atoms with Gasteiger partial charge in [0.25, 0.3) is 0 Å². The fourth-order valence-corrected chi connectivity index (χ4v) is 5.27. The first-order chi connectivity index (χ1) is 19.2. The molecule has 0 bridgehead atoms. The number of hydrogen-bond donors (Lipinski definition) is 2. The van der Waals surface area contributed by atoms with Crippen molar-refractivity contribution >= 4 is 43.6 Å². The van der Waals surface area contributed by atoms with E-state index in [0.717, 1.165) is 44.6 Å². The number of nitrogens with one attached hydrogen (secondary N) is 2. The number of fused-ring (bicyclic) bond motifs is 4. The van der Waals surface area contributed by atoms with E-state index < -0.39 is 0 Å². The third-order valence-corrected chi connectivity index (χ3v) is 7.25. The molecule has 8 aromatic rings. The van der Waals surface area contributed by atoms with Crippen LogP contribution in [0.25, 0.3) is 66.1 Å². The molecule has 0 amide bonds. The van der Waals surface area contributed by atoms with Gasteiger partial charge in [-0.15, -0.1) is 0 Å². The summed E-state index contributed by atoms with van der Waals surface area (Å²) in [6.45, 7) is 2.14. The summed E-state index contributed by atoms with van der Waals surface area (Å²) in [5, 5.41) is 4.82. The molecule has 4 heterocycles. The molecule has 2 N–H and O–H groups in total. The van der Waals surface area contributed by atoms with Crippen molar-refractivity contribution in [1.29, 1.82) is 0 Å². The molecule has 0 spiro atoms. The van der Waals surface area contributed by atoms with E-state index in [1.807, 2.05) is 48.8 Å². The summed E-state index contributed by atoms with van der Waals surface area (Å²) in [5.41, 5.74) is 9.99. The van der Waals surface area contributed by atoms with Crippen LogP contribution in [0.4, 0.5) is 0 Å². The zero-order chi connectivity index (χ0) is 26.2. The first kappa shape index (κ1) is 22.9. The largest absolute Gasteiger partial charge is 0.360 e. The number of pyridine rings is 2. The third-order valence-electron chi connectivity index (χ3n) is 7.25. The molecule has 39 heavy (non-hydrogen) atoms. The lowest BCUT2D eigenvalue weighted by molar-refractivity contribution is 1.36. The molecule has 4 aromatic carbocycles. The molecule has 186 valence electrons. The lowest BCUT2D eigenvalue weighted by Crippen LogP contribution is -1.87.